The minimum absolute atomic E-state index is 0.212. The predicted molar refractivity (Wildman–Crippen MR) is 75.8 cm³/mol. The molecule has 1 fully saturated rings. The van der Waals surface area contributed by atoms with Crippen molar-refractivity contribution in [2.75, 3.05) is 13.1 Å². The van der Waals surface area contributed by atoms with E-state index >= 15 is 0 Å². The number of hydrogen-bond donors (Lipinski definition) is 1. The molecule has 0 amide bonds. The van der Waals surface area contributed by atoms with Crippen LogP contribution >= 0.6 is 0 Å². The van der Waals surface area contributed by atoms with Gasteiger partial charge in [0.1, 0.15) is 5.76 Å². The molecule has 1 aliphatic rings. The largest absolute Gasteiger partial charge is 0.467 e. The summed E-state index contributed by atoms with van der Waals surface area (Å²) in [6.45, 7) is 2.06. The molecule has 3 rings (SSSR count). The lowest BCUT2D eigenvalue weighted by Gasteiger charge is -2.35. The monoisotopic (exact) mass is 256 g/mol. The molecule has 2 aromatic rings. The molecule has 1 aromatic carbocycles. The molecule has 3 nitrogen and oxygen atoms in total. The van der Waals surface area contributed by atoms with E-state index in [1.165, 1.54) is 5.56 Å². The van der Waals surface area contributed by atoms with Crippen LogP contribution in [0.5, 0.6) is 0 Å². The zero-order valence-electron chi connectivity index (χ0n) is 11.0. The normalized spacial score (nSPS) is 19.4. The van der Waals surface area contributed by atoms with Crippen molar-refractivity contribution < 1.29 is 4.42 Å². The van der Waals surface area contributed by atoms with E-state index in [1.54, 1.807) is 6.26 Å². The highest BCUT2D eigenvalue weighted by Gasteiger charge is 2.27. The van der Waals surface area contributed by atoms with Crippen LogP contribution in [0.15, 0.2) is 53.1 Å². The highest BCUT2D eigenvalue weighted by Crippen LogP contribution is 2.30. The summed E-state index contributed by atoms with van der Waals surface area (Å²) in [5.74, 6) is 1.02. The van der Waals surface area contributed by atoms with Crippen LogP contribution in [0.3, 0.4) is 0 Å². The van der Waals surface area contributed by atoms with Gasteiger partial charge in [0.25, 0.3) is 0 Å². The average molecular weight is 256 g/mol. The van der Waals surface area contributed by atoms with Crippen molar-refractivity contribution in [3.63, 3.8) is 0 Å². The first-order valence-corrected chi connectivity index (χ1v) is 6.92. The van der Waals surface area contributed by atoms with Gasteiger partial charge in [-0.1, -0.05) is 30.3 Å². The van der Waals surface area contributed by atoms with E-state index in [4.69, 9.17) is 10.2 Å². The number of nitrogens with zero attached hydrogens (tertiary/aromatic N) is 1. The molecule has 100 valence electrons. The van der Waals surface area contributed by atoms with E-state index in [9.17, 15) is 0 Å². The van der Waals surface area contributed by atoms with Crippen LogP contribution in [0.1, 0.15) is 30.2 Å². The van der Waals surface area contributed by atoms with Gasteiger partial charge in [-0.25, -0.2) is 0 Å². The van der Waals surface area contributed by atoms with Gasteiger partial charge in [-0.05, 0) is 30.5 Å². The van der Waals surface area contributed by atoms with Gasteiger partial charge < -0.3 is 10.2 Å². The van der Waals surface area contributed by atoms with E-state index in [1.807, 2.05) is 6.07 Å². The Morgan fingerprint density at radius 3 is 2.42 bits per heavy atom. The Hall–Kier alpha value is -1.58. The summed E-state index contributed by atoms with van der Waals surface area (Å²) in [4.78, 5) is 2.47. The first-order chi connectivity index (χ1) is 9.34. The topological polar surface area (TPSA) is 42.4 Å². The third kappa shape index (κ3) is 2.72. The highest BCUT2D eigenvalue weighted by molar-refractivity contribution is 5.26. The van der Waals surface area contributed by atoms with E-state index in [2.05, 4.69) is 41.3 Å². The van der Waals surface area contributed by atoms with Crippen LogP contribution in [0.25, 0.3) is 0 Å². The molecule has 0 radical (unpaired) electrons. The first-order valence-electron chi connectivity index (χ1n) is 6.92. The Labute approximate surface area is 114 Å². The van der Waals surface area contributed by atoms with Gasteiger partial charge in [0.2, 0.25) is 0 Å². The van der Waals surface area contributed by atoms with E-state index in [0.29, 0.717) is 6.04 Å². The van der Waals surface area contributed by atoms with Gasteiger partial charge in [0, 0.05) is 19.1 Å². The Morgan fingerprint density at radius 2 is 1.79 bits per heavy atom. The van der Waals surface area contributed by atoms with Gasteiger partial charge in [-0.3, -0.25) is 4.90 Å². The molecule has 0 spiro atoms. The number of likely N-dealkylation sites (tertiary alicyclic amines) is 1. The fraction of sp³-hybridized carbons (Fsp3) is 0.375. The molecule has 3 heteroatoms. The van der Waals surface area contributed by atoms with Crippen molar-refractivity contribution >= 4 is 0 Å². The fourth-order valence-corrected chi connectivity index (χ4v) is 2.81. The van der Waals surface area contributed by atoms with Crippen molar-refractivity contribution in [1.82, 2.24) is 4.90 Å². The summed E-state index contributed by atoms with van der Waals surface area (Å²) < 4.78 is 5.66. The van der Waals surface area contributed by atoms with Crippen LogP contribution in [-0.2, 0) is 0 Å². The summed E-state index contributed by atoms with van der Waals surface area (Å²) in [5, 5.41) is 0. The van der Waals surface area contributed by atoms with Crippen molar-refractivity contribution in [2.24, 2.45) is 5.73 Å². The van der Waals surface area contributed by atoms with Crippen molar-refractivity contribution in [3.05, 3.63) is 60.1 Å². The maximum Gasteiger partial charge on any atom is 0.125 e. The molecule has 1 unspecified atom stereocenters. The van der Waals surface area contributed by atoms with Gasteiger partial charge in [-0.15, -0.1) is 0 Å². The number of hydrogen-bond acceptors (Lipinski definition) is 3. The second kappa shape index (κ2) is 5.59. The molecule has 1 atom stereocenters. The highest BCUT2D eigenvalue weighted by atomic mass is 16.3. The second-order valence-electron chi connectivity index (χ2n) is 5.20. The van der Waals surface area contributed by atoms with Crippen LogP contribution < -0.4 is 5.73 Å². The zero-order chi connectivity index (χ0) is 13.1. The Kier molecular flexibility index (Phi) is 3.67. The molecule has 1 aliphatic heterocycles. The van der Waals surface area contributed by atoms with E-state index < -0.39 is 0 Å². The Morgan fingerprint density at radius 1 is 1.05 bits per heavy atom. The number of piperidine rings is 1. The van der Waals surface area contributed by atoms with E-state index in [0.717, 1.165) is 31.7 Å². The standard InChI is InChI=1S/C16H20N2O/c17-14-8-10-18(11-9-14)16(15-7-4-12-19-15)13-5-2-1-3-6-13/h1-7,12,14,16H,8-11,17H2. The molecule has 1 saturated heterocycles. The second-order valence-corrected chi connectivity index (χ2v) is 5.20. The molecule has 0 aliphatic carbocycles. The van der Waals surface area contributed by atoms with Crippen LogP contribution in [0, 0.1) is 0 Å². The quantitative estimate of drug-likeness (QED) is 0.918. The number of benzene rings is 1. The lowest BCUT2D eigenvalue weighted by atomic mass is 9.98. The third-order valence-electron chi connectivity index (χ3n) is 3.87. The lowest BCUT2D eigenvalue weighted by molar-refractivity contribution is 0.159. The van der Waals surface area contributed by atoms with Crippen LogP contribution in [0.2, 0.25) is 0 Å². The van der Waals surface area contributed by atoms with Gasteiger partial charge >= 0.3 is 0 Å². The molecule has 2 N–H and O–H groups in total. The Balaban J connectivity index is 1.89. The molecule has 2 heterocycles. The minimum Gasteiger partial charge on any atom is -0.467 e. The van der Waals surface area contributed by atoms with Crippen molar-refractivity contribution in [3.8, 4) is 0 Å². The van der Waals surface area contributed by atoms with Crippen molar-refractivity contribution in [2.45, 2.75) is 24.9 Å². The molecular weight excluding hydrogens is 236 g/mol. The first kappa shape index (κ1) is 12.5. The smallest absolute Gasteiger partial charge is 0.125 e. The van der Waals surface area contributed by atoms with Gasteiger partial charge in [0.15, 0.2) is 0 Å². The molecule has 0 saturated carbocycles. The summed E-state index contributed by atoms with van der Waals surface area (Å²) in [6.07, 6.45) is 3.87. The molecular formula is C16H20N2O. The Bertz CT molecular complexity index is 487. The fourth-order valence-electron chi connectivity index (χ4n) is 2.81. The number of furan rings is 1. The van der Waals surface area contributed by atoms with Crippen molar-refractivity contribution in [1.29, 1.82) is 0 Å². The van der Waals surface area contributed by atoms with Crippen LogP contribution in [0.4, 0.5) is 0 Å². The molecule has 1 aromatic heterocycles. The maximum absolute atomic E-state index is 6.00. The zero-order valence-corrected chi connectivity index (χ0v) is 11.0. The van der Waals surface area contributed by atoms with Gasteiger partial charge in [-0.2, -0.15) is 0 Å². The predicted octanol–water partition coefficient (Wildman–Crippen LogP) is 2.79. The van der Waals surface area contributed by atoms with Gasteiger partial charge in [0.05, 0.1) is 12.3 Å². The SMILES string of the molecule is NC1CCN(C(c2ccccc2)c2ccco2)CC1. The average Bonchev–Trinajstić information content (AvgIpc) is 2.96. The van der Waals surface area contributed by atoms with E-state index in [-0.39, 0.29) is 6.04 Å². The minimum atomic E-state index is 0.212. The molecule has 19 heavy (non-hydrogen) atoms. The summed E-state index contributed by atoms with van der Waals surface area (Å²) in [7, 11) is 0. The lowest BCUT2D eigenvalue weighted by Crippen LogP contribution is -2.41. The maximum atomic E-state index is 6.00. The molecule has 0 bridgehead atoms. The number of nitrogens with two attached hydrogens (primary N) is 1. The summed E-state index contributed by atoms with van der Waals surface area (Å²) in [6, 6.07) is 15.1. The summed E-state index contributed by atoms with van der Waals surface area (Å²) >= 11 is 0. The summed E-state index contributed by atoms with van der Waals surface area (Å²) in [5.41, 5.74) is 7.29. The van der Waals surface area contributed by atoms with Crippen LogP contribution in [-0.4, -0.2) is 24.0 Å². The number of rotatable bonds is 3. The third-order valence-corrected chi connectivity index (χ3v) is 3.87.